The van der Waals surface area contributed by atoms with E-state index in [1.165, 1.54) is 4.31 Å². The van der Waals surface area contributed by atoms with Crippen LogP contribution in [0.2, 0.25) is 0 Å². The summed E-state index contributed by atoms with van der Waals surface area (Å²) in [6.45, 7) is 6.96. The zero-order valence-corrected chi connectivity index (χ0v) is 15.0. The predicted octanol–water partition coefficient (Wildman–Crippen LogP) is 1.70. The molecule has 1 aliphatic heterocycles. The molecule has 1 N–H and O–H groups in total. The van der Waals surface area contributed by atoms with Crippen molar-refractivity contribution in [1.82, 2.24) is 9.03 Å². The molecule has 7 heteroatoms. The molecule has 1 saturated heterocycles. The summed E-state index contributed by atoms with van der Waals surface area (Å²) in [7, 11) is -1.70. The van der Waals surface area contributed by atoms with Gasteiger partial charge in [0.15, 0.2) is 0 Å². The minimum atomic E-state index is -3.36. The third-order valence-corrected chi connectivity index (χ3v) is 6.03. The van der Waals surface area contributed by atoms with Crippen molar-refractivity contribution in [3.05, 3.63) is 24.3 Å². The maximum atomic E-state index is 12.2. The third kappa shape index (κ3) is 4.59. The molecule has 0 aliphatic carbocycles. The average molecular weight is 341 g/mol. The minimum absolute atomic E-state index is 0.325. The molecule has 0 unspecified atom stereocenters. The zero-order valence-electron chi connectivity index (χ0n) is 14.2. The van der Waals surface area contributed by atoms with Gasteiger partial charge in [0.2, 0.25) is 0 Å². The largest absolute Gasteiger partial charge is 0.497 e. The van der Waals surface area contributed by atoms with Gasteiger partial charge >= 0.3 is 0 Å². The highest BCUT2D eigenvalue weighted by molar-refractivity contribution is 7.87. The standard InChI is InChI=1S/C16H27N3O3S/c1-4-19(5-2)23(20,21)17-12-14-9-10-18(13-14)15-7-6-8-16(11-15)22-3/h6-8,11,14,17H,4-5,9-10,12-13H2,1-3H3/t14-/m0/s1. The quantitative estimate of drug-likeness (QED) is 0.782. The summed E-state index contributed by atoms with van der Waals surface area (Å²) >= 11 is 0. The molecule has 2 rings (SSSR count). The molecule has 1 heterocycles. The van der Waals surface area contributed by atoms with E-state index < -0.39 is 10.2 Å². The number of hydrogen-bond acceptors (Lipinski definition) is 4. The Labute approximate surface area is 139 Å². The third-order valence-electron chi connectivity index (χ3n) is 4.30. The molecule has 0 radical (unpaired) electrons. The van der Waals surface area contributed by atoms with Crippen molar-refractivity contribution in [2.24, 2.45) is 5.92 Å². The number of anilines is 1. The van der Waals surface area contributed by atoms with Crippen LogP contribution in [0, 0.1) is 5.92 Å². The number of methoxy groups -OCH3 is 1. The van der Waals surface area contributed by atoms with E-state index in [-0.39, 0.29) is 0 Å². The van der Waals surface area contributed by atoms with Crippen molar-refractivity contribution in [1.29, 1.82) is 0 Å². The van der Waals surface area contributed by atoms with E-state index in [0.29, 0.717) is 25.6 Å². The summed E-state index contributed by atoms with van der Waals surface area (Å²) in [6.07, 6.45) is 0.984. The lowest BCUT2D eigenvalue weighted by molar-refractivity contribution is 0.415. The smallest absolute Gasteiger partial charge is 0.279 e. The number of nitrogens with zero attached hydrogens (tertiary/aromatic N) is 2. The summed E-state index contributed by atoms with van der Waals surface area (Å²) < 4.78 is 33.8. The Bertz CT molecular complexity index is 602. The lowest BCUT2D eigenvalue weighted by Crippen LogP contribution is -2.42. The molecule has 0 amide bonds. The van der Waals surface area contributed by atoms with Gasteiger partial charge in [-0.25, -0.2) is 4.72 Å². The second-order valence-corrected chi connectivity index (χ2v) is 7.50. The molecule has 1 atom stereocenters. The van der Waals surface area contributed by atoms with Gasteiger partial charge in [-0.2, -0.15) is 12.7 Å². The van der Waals surface area contributed by atoms with Crippen LogP contribution in [0.5, 0.6) is 5.75 Å². The van der Waals surface area contributed by atoms with Crippen LogP contribution in [0.25, 0.3) is 0 Å². The Morgan fingerprint density at radius 3 is 2.74 bits per heavy atom. The Kier molecular flexibility index (Phi) is 6.26. The lowest BCUT2D eigenvalue weighted by atomic mass is 10.1. The second-order valence-electron chi connectivity index (χ2n) is 5.74. The van der Waals surface area contributed by atoms with Crippen LogP contribution in [0.3, 0.4) is 0 Å². The summed E-state index contributed by atoms with van der Waals surface area (Å²) in [6, 6.07) is 7.98. The van der Waals surface area contributed by atoms with E-state index >= 15 is 0 Å². The number of benzene rings is 1. The molecule has 1 aliphatic rings. The van der Waals surface area contributed by atoms with Gasteiger partial charge in [-0.1, -0.05) is 19.9 Å². The van der Waals surface area contributed by atoms with Crippen LogP contribution in [-0.2, 0) is 10.2 Å². The molecule has 1 aromatic carbocycles. The molecule has 23 heavy (non-hydrogen) atoms. The molecule has 0 aromatic heterocycles. The summed E-state index contributed by atoms with van der Waals surface area (Å²) in [4.78, 5) is 2.28. The van der Waals surface area contributed by atoms with Crippen LogP contribution in [-0.4, -0.2) is 52.6 Å². The molecule has 0 bridgehead atoms. The maximum absolute atomic E-state index is 12.2. The summed E-state index contributed by atoms with van der Waals surface area (Å²) in [5, 5.41) is 0. The molecule has 130 valence electrons. The first kappa shape index (κ1) is 18.0. The topological polar surface area (TPSA) is 61.9 Å². The maximum Gasteiger partial charge on any atom is 0.279 e. The summed E-state index contributed by atoms with van der Waals surface area (Å²) in [5.74, 6) is 1.17. The first-order valence-corrected chi connectivity index (χ1v) is 9.57. The van der Waals surface area contributed by atoms with Crippen molar-refractivity contribution >= 4 is 15.9 Å². The molecular weight excluding hydrogens is 314 g/mol. The molecular formula is C16H27N3O3S. The molecule has 1 fully saturated rings. The van der Waals surface area contributed by atoms with Crippen LogP contribution < -0.4 is 14.4 Å². The minimum Gasteiger partial charge on any atom is -0.497 e. The van der Waals surface area contributed by atoms with Crippen molar-refractivity contribution in [3.63, 3.8) is 0 Å². The van der Waals surface area contributed by atoms with Crippen molar-refractivity contribution in [2.75, 3.05) is 44.7 Å². The van der Waals surface area contributed by atoms with Gasteiger partial charge in [0.05, 0.1) is 7.11 Å². The Morgan fingerprint density at radius 1 is 1.35 bits per heavy atom. The highest BCUT2D eigenvalue weighted by Gasteiger charge is 2.26. The van der Waals surface area contributed by atoms with Gasteiger partial charge in [-0.3, -0.25) is 0 Å². The second kappa shape index (κ2) is 7.99. The number of rotatable bonds is 8. The Hall–Kier alpha value is -1.31. The SMILES string of the molecule is CCN(CC)S(=O)(=O)NC[C@@H]1CCN(c2cccc(OC)c2)C1. The monoisotopic (exact) mass is 341 g/mol. The van der Waals surface area contributed by atoms with Gasteiger partial charge in [0.1, 0.15) is 5.75 Å². The van der Waals surface area contributed by atoms with Crippen molar-refractivity contribution in [3.8, 4) is 5.75 Å². The van der Waals surface area contributed by atoms with E-state index in [4.69, 9.17) is 4.74 Å². The van der Waals surface area contributed by atoms with E-state index in [1.807, 2.05) is 32.0 Å². The highest BCUT2D eigenvalue weighted by atomic mass is 32.2. The van der Waals surface area contributed by atoms with E-state index in [1.54, 1.807) is 7.11 Å². The Balaban J connectivity index is 1.90. The fourth-order valence-electron chi connectivity index (χ4n) is 2.92. The number of ether oxygens (including phenoxy) is 1. The van der Waals surface area contributed by atoms with Crippen LogP contribution in [0.4, 0.5) is 5.69 Å². The predicted molar refractivity (Wildman–Crippen MR) is 93.2 cm³/mol. The van der Waals surface area contributed by atoms with E-state index in [0.717, 1.165) is 30.9 Å². The fourth-order valence-corrected chi connectivity index (χ4v) is 4.23. The van der Waals surface area contributed by atoms with Gasteiger partial charge in [-0.05, 0) is 24.5 Å². The Morgan fingerprint density at radius 2 is 2.09 bits per heavy atom. The normalized spacial score (nSPS) is 18.6. The van der Waals surface area contributed by atoms with Gasteiger partial charge in [0.25, 0.3) is 10.2 Å². The fraction of sp³-hybridized carbons (Fsp3) is 0.625. The molecule has 0 spiro atoms. The van der Waals surface area contributed by atoms with Gasteiger partial charge in [0, 0.05) is 44.5 Å². The van der Waals surface area contributed by atoms with Gasteiger partial charge < -0.3 is 9.64 Å². The number of nitrogens with one attached hydrogen (secondary N) is 1. The van der Waals surface area contributed by atoms with Gasteiger partial charge in [-0.15, -0.1) is 0 Å². The number of hydrogen-bond donors (Lipinski definition) is 1. The van der Waals surface area contributed by atoms with Crippen LogP contribution >= 0.6 is 0 Å². The molecule has 6 nitrogen and oxygen atoms in total. The molecule has 1 aromatic rings. The highest BCUT2D eigenvalue weighted by Crippen LogP contribution is 2.26. The molecule has 0 saturated carbocycles. The van der Waals surface area contributed by atoms with Crippen molar-refractivity contribution < 1.29 is 13.2 Å². The van der Waals surface area contributed by atoms with E-state index in [9.17, 15) is 8.42 Å². The summed E-state index contributed by atoms with van der Waals surface area (Å²) in [5.41, 5.74) is 1.12. The first-order chi connectivity index (χ1) is 11.0. The lowest BCUT2D eigenvalue weighted by Gasteiger charge is -2.21. The average Bonchev–Trinajstić information content (AvgIpc) is 3.03. The van der Waals surface area contributed by atoms with Crippen LogP contribution in [0.1, 0.15) is 20.3 Å². The zero-order chi connectivity index (χ0) is 16.9. The van der Waals surface area contributed by atoms with Crippen LogP contribution in [0.15, 0.2) is 24.3 Å². The van der Waals surface area contributed by atoms with E-state index in [2.05, 4.69) is 15.7 Å². The van der Waals surface area contributed by atoms with Crippen molar-refractivity contribution in [2.45, 2.75) is 20.3 Å². The first-order valence-electron chi connectivity index (χ1n) is 8.13.